The number of nitrogens with zero attached hydrogens (tertiary/aromatic N) is 2. The molecular formula is C47H33N3O2. The summed E-state index contributed by atoms with van der Waals surface area (Å²) in [5.74, 6) is 0.788. The van der Waals surface area contributed by atoms with E-state index in [-0.39, 0.29) is 6.23 Å². The van der Waals surface area contributed by atoms with Crippen LogP contribution in [-0.4, -0.2) is 0 Å². The van der Waals surface area contributed by atoms with Gasteiger partial charge < -0.3 is 24.3 Å². The maximum atomic E-state index is 6.80. The first-order valence-corrected chi connectivity index (χ1v) is 17.5. The van der Waals surface area contributed by atoms with Crippen LogP contribution in [0.1, 0.15) is 11.8 Å². The Morgan fingerprint density at radius 2 is 0.885 bits per heavy atom. The molecule has 1 aromatic heterocycles. The van der Waals surface area contributed by atoms with Crippen molar-refractivity contribution < 1.29 is 9.15 Å². The number of benzene rings is 8. The summed E-state index contributed by atoms with van der Waals surface area (Å²) in [7, 11) is 0. The van der Waals surface area contributed by atoms with Crippen molar-refractivity contribution in [3.05, 3.63) is 194 Å². The Morgan fingerprint density at radius 3 is 1.50 bits per heavy atom. The summed E-state index contributed by atoms with van der Waals surface area (Å²) in [6.07, 6.45) is -0.279. The molecular weight excluding hydrogens is 639 g/mol. The van der Waals surface area contributed by atoms with E-state index in [4.69, 9.17) is 9.15 Å². The predicted octanol–water partition coefficient (Wildman–Crippen LogP) is 13.2. The number of hydrogen-bond donors (Lipinski definition) is 1. The van der Waals surface area contributed by atoms with E-state index in [1.165, 1.54) is 0 Å². The Bertz CT molecular complexity index is 2640. The molecule has 1 atom stereocenters. The van der Waals surface area contributed by atoms with Crippen molar-refractivity contribution in [1.82, 2.24) is 0 Å². The van der Waals surface area contributed by atoms with E-state index in [2.05, 4.69) is 185 Å². The van der Waals surface area contributed by atoms with Crippen LogP contribution in [0.3, 0.4) is 0 Å². The number of para-hydroxylation sites is 3. The Morgan fingerprint density at radius 1 is 0.404 bits per heavy atom. The van der Waals surface area contributed by atoms with Crippen LogP contribution in [0, 0.1) is 0 Å². The van der Waals surface area contributed by atoms with Gasteiger partial charge in [-0.25, -0.2) is 0 Å². The van der Waals surface area contributed by atoms with Gasteiger partial charge in [0.15, 0.2) is 11.8 Å². The molecule has 248 valence electrons. The second-order valence-corrected chi connectivity index (χ2v) is 13.0. The summed E-state index contributed by atoms with van der Waals surface area (Å²) >= 11 is 0. The van der Waals surface area contributed by atoms with Crippen LogP contribution in [0.15, 0.2) is 192 Å². The third kappa shape index (κ3) is 5.02. The Hall–Kier alpha value is -6.98. The van der Waals surface area contributed by atoms with E-state index in [9.17, 15) is 0 Å². The molecule has 5 nitrogen and oxygen atoms in total. The topological polar surface area (TPSA) is 40.9 Å². The largest absolute Gasteiger partial charge is 0.464 e. The Kier molecular flexibility index (Phi) is 7.14. The van der Waals surface area contributed by atoms with Crippen LogP contribution in [0.5, 0.6) is 5.75 Å². The second-order valence-electron chi connectivity index (χ2n) is 13.0. The second kappa shape index (κ2) is 12.4. The number of nitrogens with one attached hydrogen (secondary N) is 1. The minimum Gasteiger partial charge on any atom is -0.464 e. The Balaban J connectivity index is 1.13. The first kappa shape index (κ1) is 29.9. The van der Waals surface area contributed by atoms with Gasteiger partial charge in [0.2, 0.25) is 0 Å². The molecule has 1 aliphatic rings. The first-order valence-electron chi connectivity index (χ1n) is 17.5. The lowest BCUT2D eigenvalue weighted by Gasteiger charge is -2.29. The molecule has 5 heteroatoms. The van der Waals surface area contributed by atoms with E-state index in [1.54, 1.807) is 0 Å². The summed E-state index contributed by atoms with van der Waals surface area (Å²) in [5, 5.41) is 7.83. The number of ether oxygens (including phenoxy) is 1. The van der Waals surface area contributed by atoms with Gasteiger partial charge >= 0.3 is 0 Å². The molecule has 8 aromatic carbocycles. The van der Waals surface area contributed by atoms with Crippen molar-refractivity contribution >= 4 is 72.5 Å². The zero-order valence-electron chi connectivity index (χ0n) is 28.2. The maximum absolute atomic E-state index is 6.80. The molecule has 10 rings (SSSR count). The van der Waals surface area contributed by atoms with Gasteiger partial charge in [0.1, 0.15) is 17.0 Å². The van der Waals surface area contributed by atoms with Crippen LogP contribution in [-0.2, 0) is 0 Å². The molecule has 0 fully saturated rings. The minimum atomic E-state index is -0.279. The summed E-state index contributed by atoms with van der Waals surface area (Å²) in [6.45, 7) is 0. The fraction of sp³-hybridized carbons (Fsp3) is 0.0213. The smallest absolute Gasteiger partial charge is 0.196 e. The van der Waals surface area contributed by atoms with Crippen molar-refractivity contribution in [2.45, 2.75) is 6.23 Å². The maximum Gasteiger partial charge on any atom is 0.196 e. The lowest BCUT2D eigenvalue weighted by Crippen LogP contribution is -2.12. The van der Waals surface area contributed by atoms with E-state index >= 15 is 0 Å². The van der Waals surface area contributed by atoms with E-state index in [0.29, 0.717) is 0 Å². The highest BCUT2D eigenvalue weighted by Crippen LogP contribution is 2.49. The van der Waals surface area contributed by atoms with Crippen LogP contribution < -0.4 is 19.9 Å². The highest BCUT2D eigenvalue weighted by molar-refractivity contribution is 6.21. The number of hydrogen-bond acceptors (Lipinski definition) is 5. The van der Waals surface area contributed by atoms with Crippen molar-refractivity contribution in [3.63, 3.8) is 0 Å². The average molecular weight is 672 g/mol. The summed E-state index contributed by atoms with van der Waals surface area (Å²) in [4.78, 5) is 4.63. The van der Waals surface area contributed by atoms with E-state index in [0.717, 1.165) is 83.8 Å². The molecule has 2 heterocycles. The molecule has 0 radical (unpaired) electrons. The van der Waals surface area contributed by atoms with Crippen LogP contribution in [0.4, 0.5) is 39.8 Å². The number of rotatable bonds is 7. The number of fused-ring (bicyclic) bond motifs is 7. The highest BCUT2D eigenvalue weighted by Gasteiger charge is 2.29. The molecule has 1 N–H and O–H groups in total. The van der Waals surface area contributed by atoms with Crippen LogP contribution >= 0.6 is 0 Å². The van der Waals surface area contributed by atoms with Crippen LogP contribution in [0.25, 0.3) is 32.7 Å². The molecule has 0 saturated carbocycles. The van der Waals surface area contributed by atoms with Crippen LogP contribution in [0.2, 0.25) is 0 Å². The minimum absolute atomic E-state index is 0.279. The molecule has 1 aliphatic heterocycles. The van der Waals surface area contributed by atoms with Crippen molar-refractivity contribution in [3.8, 4) is 5.75 Å². The van der Waals surface area contributed by atoms with Crippen molar-refractivity contribution in [1.29, 1.82) is 0 Å². The van der Waals surface area contributed by atoms with Gasteiger partial charge in [-0.05, 0) is 78.9 Å². The molecule has 9 aromatic rings. The molecule has 0 amide bonds. The van der Waals surface area contributed by atoms with Gasteiger partial charge in [-0.2, -0.15) is 0 Å². The monoisotopic (exact) mass is 671 g/mol. The fourth-order valence-corrected chi connectivity index (χ4v) is 7.47. The predicted molar refractivity (Wildman–Crippen MR) is 214 cm³/mol. The lowest BCUT2D eigenvalue weighted by atomic mass is 10.0. The fourth-order valence-electron chi connectivity index (χ4n) is 7.47. The molecule has 1 unspecified atom stereocenters. The molecule has 0 bridgehead atoms. The van der Waals surface area contributed by atoms with E-state index in [1.807, 2.05) is 18.2 Å². The third-order valence-electron chi connectivity index (χ3n) is 9.86. The van der Waals surface area contributed by atoms with Gasteiger partial charge in [0.05, 0.1) is 5.69 Å². The molecule has 0 spiro atoms. The molecule has 0 saturated heterocycles. The zero-order chi connectivity index (χ0) is 34.4. The van der Waals surface area contributed by atoms with E-state index < -0.39 is 0 Å². The zero-order valence-corrected chi connectivity index (χ0v) is 28.2. The Labute approximate surface area is 301 Å². The quantitative estimate of drug-likeness (QED) is 0.183. The third-order valence-corrected chi connectivity index (χ3v) is 9.86. The van der Waals surface area contributed by atoms with Gasteiger partial charge in [0.25, 0.3) is 0 Å². The summed E-state index contributed by atoms with van der Waals surface area (Å²) < 4.78 is 13.2. The van der Waals surface area contributed by atoms with Gasteiger partial charge in [-0.15, -0.1) is 0 Å². The standard InChI is InChI=1S/C47H33N3O2/c1-5-15-32(16-6-1)47-48-44-43(51-47)30-29-40-41-31-42(38-23-13-14-24-39(38)45(41)52-46(40)44)50(35-21-11-4-12-22-35)37-27-25-36(26-28-37)49(33-17-7-2-8-18-33)34-19-9-3-10-20-34/h1-31,47-48H. The number of anilines is 7. The number of furan rings is 1. The summed E-state index contributed by atoms with van der Waals surface area (Å²) in [6, 6.07) is 65.6. The first-order chi connectivity index (χ1) is 25.8. The van der Waals surface area contributed by atoms with Gasteiger partial charge in [0, 0.05) is 55.5 Å². The molecule has 0 aliphatic carbocycles. The normalized spacial score (nSPS) is 13.5. The highest BCUT2D eigenvalue weighted by atomic mass is 16.5. The van der Waals surface area contributed by atoms with Crippen molar-refractivity contribution in [2.75, 3.05) is 15.1 Å². The summed E-state index contributed by atoms with van der Waals surface area (Å²) in [5.41, 5.74) is 10.1. The lowest BCUT2D eigenvalue weighted by molar-refractivity contribution is 0.260. The SMILES string of the molecule is c1ccc(C2Nc3c(ccc4c3oc3c5ccccc5c(N(c5ccccc5)c5ccc(N(c6ccccc6)c6ccccc6)cc5)cc43)O2)cc1. The molecule has 52 heavy (non-hydrogen) atoms. The average Bonchev–Trinajstić information content (AvgIpc) is 3.83. The van der Waals surface area contributed by atoms with Crippen molar-refractivity contribution in [2.24, 2.45) is 0 Å². The van der Waals surface area contributed by atoms with Gasteiger partial charge in [-0.3, -0.25) is 0 Å². The van der Waals surface area contributed by atoms with Gasteiger partial charge in [-0.1, -0.05) is 109 Å².